The van der Waals surface area contributed by atoms with E-state index < -0.39 is 53.9 Å². The normalized spacial score (nSPS) is 18.7. The Balaban J connectivity index is 0.000000159. The molecule has 4 heterocycles. The smallest absolute Gasteiger partial charge is 0.454 e. The molecule has 2 aliphatic heterocycles. The molecule has 2 N–H and O–H groups in total. The van der Waals surface area contributed by atoms with E-state index in [4.69, 9.17) is 31.1 Å². The van der Waals surface area contributed by atoms with Crippen molar-refractivity contribution in [2.24, 2.45) is 10.8 Å². The zero-order valence-corrected chi connectivity index (χ0v) is 35.8. The maximum absolute atomic E-state index is 13.1. The Morgan fingerprint density at radius 1 is 0.621 bits per heavy atom. The number of carbonyl (C=O) groups excluding carboxylic acids is 4. The summed E-state index contributed by atoms with van der Waals surface area (Å²) in [5.74, 6) is -0.588. The van der Waals surface area contributed by atoms with Crippen LogP contribution in [0.2, 0.25) is 11.1 Å². The summed E-state index contributed by atoms with van der Waals surface area (Å²) in [5, 5.41) is 16.3. The van der Waals surface area contributed by atoms with Gasteiger partial charge in [0, 0.05) is 18.1 Å². The van der Waals surface area contributed by atoms with Crippen molar-refractivity contribution in [1.29, 1.82) is 0 Å². The minimum Gasteiger partial charge on any atom is -0.478 e. The molecule has 0 atom stereocenters. The number of nitrogens with zero attached hydrogens (tertiary/aromatic N) is 6. The molecule has 0 unspecified atom stereocenters. The van der Waals surface area contributed by atoms with E-state index in [-0.39, 0.29) is 99.3 Å². The molecule has 0 radical (unpaired) electrons. The quantitative estimate of drug-likeness (QED) is 0.0540. The average molecular weight is 943 g/mol. The van der Waals surface area contributed by atoms with Gasteiger partial charge in [0.05, 0.1) is 70.8 Å². The number of imide groups is 2. The molecule has 66 heavy (non-hydrogen) atoms. The van der Waals surface area contributed by atoms with E-state index in [0.29, 0.717) is 33.8 Å². The van der Waals surface area contributed by atoms with Crippen LogP contribution in [-0.2, 0) is 13.1 Å². The molecular weight excluding hydrogens is 901 g/mol. The summed E-state index contributed by atoms with van der Waals surface area (Å²) in [6, 6.07) is 15.9. The summed E-state index contributed by atoms with van der Waals surface area (Å²) < 4.78 is 89.3. The standard InChI is InChI=1S/C22H20F3N3O3.C19H15ClF3N3O3.C3H7BO2/c23-22(24,25)21(7-8-21)9-10-31-17-11-14(26-18(27-17)13-5-6-13)12-28-19(29)15-3-1-2-4-16(15)20(28)30;20-17-24-11(10-26-15(27)12-3-1-2-4-13(12)16(26)28)9-14(25-17)29-8-7-18(5-6-18)19(21,22)23;5-4(6)3-1-2-3/h1-4,11,13H,5-10,12H2;1-4,9H,5-8,10H2;3,5-6H,1-2H2. The Morgan fingerprint density at radius 3 is 1.35 bits per heavy atom. The topological polar surface area (TPSA) is 185 Å². The number of alkyl halides is 6. The third-order valence-electron chi connectivity index (χ3n) is 12.5. The molecule has 0 saturated heterocycles. The van der Waals surface area contributed by atoms with Crippen LogP contribution in [0.1, 0.15) is 129 Å². The van der Waals surface area contributed by atoms with Gasteiger partial charge in [-0.15, -0.1) is 0 Å². The number of rotatable bonds is 14. The number of ether oxygens (including phenoxy) is 2. The lowest BCUT2D eigenvalue weighted by atomic mass is 9.84. The molecule has 4 aliphatic carbocycles. The van der Waals surface area contributed by atoms with Gasteiger partial charge in [0.25, 0.3) is 23.6 Å². The van der Waals surface area contributed by atoms with Crippen LogP contribution in [0.25, 0.3) is 0 Å². The zero-order chi connectivity index (χ0) is 47.2. The van der Waals surface area contributed by atoms with Gasteiger partial charge in [-0.3, -0.25) is 29.0 Å². The Bertz CT molecular complexity index is 2460. The van der Waals surface area contributed by atoms with Crippen LogP contribution in [0, 0.1) is 10.8 Å². The average Bonchev–Trinajstić information content (AvgIpc) is 4.06. The van der Waals surface area contributed by atoms with Gasteiger partial charge in [0.1, 0.15) is 5.82 Å². The molecule has 0 spiro atoms. The molecule has 10 rings (SSSR count). The monoisotopic (exact) mass is 942 g/mol. The first-order valence-corrected chi connectivity index (χ1v) is 21.7. The molecule has 4 aromatic rings. The highest BCUT2D eigenvalue weighted by Crippen LogP contribution is 2.60. The molecule has 4 amide bonds. The van der Waals surface area contributed by atoms with Crippen LogP contribution >= 0.6 is 11.6 Å². The number of benzene rings is 2. The van der Waals surface area contributed by atoms with Crippen LogP contribution in [-0.4, -0.2) is 96.1 Å². The molecule has 2 aromatic carbocycles. The minimum absolute atomic E-state index is 0.00502. The van der Waals surface area contributed by atoms with E-state index in [2.05, 4.69) is 19.9 Å². The van der Waals surface area contributed by atoms with Gasteiger partial charge in [-0.1, -0.05) is 37.1 Å². The molecule has 4 fully saturated rings. The molecular formula is C44H42BClF6N6O8. The van der Waals surface area contributed by atoms with Crippen molar-refractivity contribution in [2.45, 2.75) is 101 Å². The molecule has 4 saturated carbocycles. The lowest BCUT2D eigenvalue weighted by Crippen LogP contribution is -2.29. The third kappa shape index (κ3) is 10.3. The largest absolute Gasteiger partial charge is 0.478 e. The lowest BCUT2D eigenvalue weighted by Gasteiger charge is -2.19. The maximum atomic E-state index is 13.1. The van der Waals surface area contributed by atoms with Gasteiger partial charge in [-0.2, -0.15) is 36.3 Å². The number of hydrogen-bond acceptors (Lipinski definition) is 12. The number of aromatic nitrogens is 4. The van der Waals surface area contributed by atoms with Crippen molar-refractivity contribution in [2.75, 3.05) is 13.2 Å². The van der Waals surface area contributed by atoms with Gasteiger partial charge in [0.15, 0.2) is 0 Å². The van der Waals surface area contributed by atoms with Gasteiger partial charge >= 0.3 is 19.5 Å². The second-order valence-corrected chi connectivity index (χ2v) is 17.6. The molecule has 2 aromatic heterocycles. The fraction of sp³-hybridized carbons (Fsp3) is 0.455. The van der Waals surface area contributed by atoms with Gasteiger partial charge in [-0.05, 0) is 93.1 Å². The highest BCUT2D eigenvalue weighted by Gasteiger charge is 2.63. The number of fused-ring (bicyclic) bond motifs is 2. The summed E-state index contributed by atoms with van der Waals surface area (Å²) >= 11 is 5.88. The molecule has 22 heteroatoms. The molecule has 348 valence electrons. The summed E-state index contributed by atoms with van der Waals surface area (Å²) in [6.07, 6.45) is -4.49. The lowest BCUT2D eigenvalue weighted by molar-refractivity contribution is -0.190. The molecule has 6 aliphatic rings. The second-order valence-electron chi connectivity index (χ2n) is 17.3. The fourth-order valence-electron chi connectivity index (χ4n) is 7.61. The van der Waals surface area contributed by atoms with Crippen LogP contribution < -0.4 is 9.47 Å². The van der Waals surface area contributed by atoms with Crippen LogP contribution in [0.15, 0.2) is 60.7 Å². The number of amides is 4. The summed E-state index contributed by atoms with van der Waals surface area (Å²) in [6.45, 7) is -0.485. The van der Waals surface area contributed by atoms with Crippen molar-refractivity contribution in [3.8, 4) is 11.8 Å². The van der Waals surface area contributed by atoms with Crippen molar-refractivity contribution < 1.29 is 65.0 Å². The van der Waals surface area contributed by atoms with Gasteiger partial charge in [-0.25, -0.2) is 9.97 Å². The summed E-state index contributed by atoms with van der Waals surface area (Å²) in [7, 11) is -1.04. The third-order valence-corrected chi connectivity index (χ3v) is 12.6. The Hall–Kier alpha value is -5.67. The van der Waals surface area contributed by atoms with Gasteiger partial charge < -0.3 is 19.5 Å². The van der Waals surface area contributed by atoms with Crippen LogP contribution in [0.3, 0.4) is 0 Å². The second kappa shape index (κ2) is 18.2. The number of carbonyl (C=O) groups is 4. The predicted octanol–water partition coefficient (Wildman–Crippen LogP) is 7.92. The first-order valence-electron chi connectivity index (χ1n) is 21.3. The molecule has 14 nitrogen and oxygen atoms in total. The van der Waals surface area contributed by atoms with E-state index in [1.54, 1.807) is 48.5 Å². The Labute approximate surface area is 378 Å². The van der Waals surface area contributed by atoms with Crippen molar-refractivity contribution >= 4 is 42.3 Å². The predicted molar refractivity (Wildman–Crippen MR) is 221 cm³/mol. The Morgan fingerprint density at radius 2 is 1.02 bits per heavy atom. The van der Waals surface area contributed by atoms with E-state index in [1.807, 2.05) is 0 Å². The van der Waals surface area contributed by atoms with E-state index in [9.17, 15) is 45.5 Å². The SMILES string of the molecule is O=C1c2ccccc2C(=O)N1Cc1cc(OCCC2(C(F)(F)F)CC2)nc(C2CC2)n1.O=C1c2ccccc2C(=O)N1Cc1cc(OCCC2(C(F)(F)F)CC2)nc(Cl)n1.OB(O)C1CC1. The van der Waals surface area contributed by atoms with E-state index >= 15 is 0 Å². The van der Waals surface area contributed by atoms with E-state index in [1.165, 1.54) is 12.1 Å². The highest BCUT2D eigenvalue weighted by atomic mass is 35.5. The fourth-order valence-corrected chi connectivity index (χ4v) is 7.80. The summed E-state index contributed by atoms with van der Waals surface area (Å²) in [5.41, 5.74) is -1.34. The Kier molecular flexibility index (Phi) is 12.9. The zero-order valence-electron chi connectivity index (χ0n) is 35.1. The highest BCUT2D eigenvalue weighted by molar-refractivity contribution is 6.44. The minimum atomic E-state index is -4.25. The first kappa shape index (κ1) is 46.8. The van der Waals surface area contributed by atoms with Crippen molar-refractivity contribution in [1.82, 2.24) is 29.7 Å². The summed E-state index contributed by atoms with van der Waals surface area (Å²) in [4.78, 5) is 69.0. The maximum Gasteiger partial charge on any atom is 0.454 e. The van der Waals surface area contributed by atoms with Gasteiger partial charge in [0.2, 0.25) is 17.0 Å². The molecule has 0 bridgehead atoms. The van der Waals surface area contributed by atoms with Crippen LogP contribution in [0.4, 0.5) is 26.3 Å². The van der Waals surface area contributed by atoms with E-state index in [0.717, 1.165) is 35.5 Å². The number of hydrogen-bond donors (Lipinski definition) is 2. The van der Waals surface area contributed by atoms with Crippen molar-refractivity contribution in [3.05, 3.63) is 105 Å². The number of halogens is 7. The van der Waals surface area contributed by atoms with Crippen LogP contribution in [0.5, 0.6) is 11.8 Å². The van der Waals surface area contributed by atoms with Crippen molar-refractivity contribution in [3.63, 3.8) is 0 Å². The first-order chi connectivity index (χ1) is 31.3.